The van der Waals surface area contributed by atoms with E-state index in [4.69, 9.17) is 18.0 Å². The zero-order valence-corrected chi connectivity index (χ0v) is 92.7. The maximum absolute atomic E-state index is 13.3. The maximum Gasteiger partial charge on any atom is 0.253 e. The van der Waals surface area contributed by atoms with E-state index in [0.29, 0.717) is 126 Å². The van der Waals surface area contributed by atoms with E-state index in [-0.39, 0.29) is 99.3 Å². The van der Waals surface area contributed by atoms with Gasteiger partial charge in [-0.2, -0.15) is 0 Å². The highest BCUT2D eigenvalue weighted by molar-refractivity contribution is 8.01. The lowest BCUT2D eigenvalue weighted by atomic mass is 9.94. The number of thiazole rings is 4. The summed E-state index contributed by atoms with van der Waals surface area (Å²) in [5, 5.41) is 31.7. The number of benzene rings is 4. The zero-order chi connectivity index (χ0) is 106. The third-order valence-electron chi connectivity index (χ3n) is 23.6. The van der Waals surface area contributed by atoms with Crippen LogP contribution >= 0.6 is 92.4 Å². The summed E-state index contributed by atoms with van der Waals surface area (Å²) < 4.78 is 28.0. The maximum atomic E-state index is 13.3. The van der Waals surface area contributed by atoms with Crippen molar-refractivity contribution in [1.29, 1.82) is 0 Å². The Kier molecular flexibility index (Phi) is 40.5. The molecular formula is C107H133N21O12S8. The molecule has 41 heteroatoms. The molecule has 4 fully saturated rings. The van der Waals surface area contributed by atoms with Gasteiger partial charge in [0.25, 0.3) is 23.6 Å². The molecule has 5 aliphatic rings. The summed E-state index contributed by atoms with van der Waals surface area (Å²) in [7, 11) is 3.88. The molecule has 0 spiro atoms. The van der Waals surface area contributed by atoms with Gasteiger partial charge in [0, 0.05) is 162 Å². The molecule has 0 radical (unpaired) electrons. The minimum atomic E-state index is -0.308. The van der Waals surface area contributed by atoms with Gasteiger partial charge in [-0.15, -0.1) is 47.0 Å². The number of aromatic nitrogens is 7. The largest absolute Gasteiger partial charge is 0.472 e. The number of likely N-dealkylation sites (tertiary alicyclic amines) is 4. The Morgan fingerprint density at radius 3 is 1.03 bits per heavy atom. The summed E-state index contributed by atoms with van der Waals surface area (Å²) in [6, 6.07) is 28.5. The van der Waals surface area contributed by atoms with Gasteiger partial charge in [-0.05, 0) is 169 Å². The molecule has 786 valence electrons. The second-order valence-electron chi connectivity index (χ2n) is 40.2. The normalized spacial score (nSPS) is 16.9. The Labute approximate surface area is 898 Å². The quantitative estimate of drug-likeness (QED) is 0.0134. The highest BCUT2D eigenvalue weighted by atomic mass is 32.2. The van der Waals surface area contributed by atoms with E-state index >= 15 is 0 Å². The number of rotatable bonds is 34. The monoisotopic (exact) mass is 2160 g/mol. The fourth-order valence-electron chi connectivity index (χ4n) is 15.7. The molecule has 33 nitrogen and oxygen atoms in total. The van der Waals surface area contributed by atoms with Crippen molar-refractivity contribution in [2.75, 3.05) is 121 Å². The molecule has 5 aliphatic heterocycles. The van der Waals surface area contributed by atoms with Crippen LogP contribution in [0.2, 0.25) is 0 Å². The number of likely N-dealkylation sites (N-methyl/N-ethyl adjacent to an activating group) is 1. The van der Waals surface area contributed by atoms with Crippen molar-refractivity contribution in [3.63, 3.8) is 0 Å². The molecule has 9 N–H and O–H groups in total. The number of carbonyl (C=O) groups is 8. The van der Waals surface area contributed by atoms with Gasteiger partial charge in [0.1, 0.15) is 23.0 Å². The van der Waals surface area contributed by atoms with Crippen LogP contribution in [-0.4, -0.2) is 216 Å². The van der Waals surface area contributed by atoms with Crippen molar-refractivity contribution in [3.8, 4) is 0 Å². The van der Waals surface area contributed by atoms with Crippen LogP contribution in [0.4, 0.5) is 43.3 Å². The molecule has 148 heavy (non-hydrogen) atoms. The predicted molar refractivity (Wildman–Crippen MR) is 598 cm³/mol. The van der Waals surface area contributed by atoms with Crippen molar-refractivity contribution < 1.29 is 56.3 Å². The summed E-state index contributed by atoms with van der Waals surface area (Å²) in [4.78, 5) is 140. The number of amides is 8. The highest BCUT2D eigenvalue weighted by Gasteiger charge is 2.34. The van der Waals surface area contributed by atoms with Crippen LogP contribution in [-0.2, 0) is 57.4 Å². The Morgan fingerprint density at radius 2 is 0.723 bits per heavy atom. The molecule has 5 atom stereocenters. The smallest absolute Gasteiger partial charge is 0.253 e. The van der Waals surface area contributed by atoms with Crippen molar-refractivity contribution in [2.45, 2.75) is 215 Å². The Balaban J connectivity index is 0.000000165. The lowest BCUT2D eigenvalue weighted by Crippen LogP contribution is -2.45. The second-order valence-corrected chi connectivity index (χ2v) is 49.5. The van der Waals surface area contributed by atoms with Crippen molar-refractivity contribution >= 4 is 183 Å². The van der Waals surface area contributed by atoms with Gasteiger partial charge in [-0.1, -0.05) is 166 Å². The molecule has 0 saturated carbocycles. The highest BCUT2D eigenvalue weighted by Crippen LogP contribution is 2.40. The van der Waals surface area contributed by atoms with Crippen LogP contribution < -0.4 is 47.9 Å². The number of carbonyl (C=O) groups excluding carboxylic acids is 8. The first kappa shape index (κ1) is 113. The van der Waals surface area contributed by atoms with Gasteiger partial charge in [0.15, 0.2) is 26.8 Å². The Hall–Kier alpha value is -12.4. The third kappa shape index (κ3) is 34.9. The lowest BCUT2D eigenvalue weighted by Gasteiger charge is -2.33. The summed E-state index contributed by atoms with van der Waals surface area (Å²) in [6.45, 7) is 41.6. The first-order valence-corrected chi connectivity index (χ1v) is 56.3. The standard InChI is InChI=1S/C29H38N6O3S2.C26H31N5O3S2.C26H33N5O3S2.C26H31N5O3S2/c1-29(2,3)23-16-30-25(38-23)19-39-26-17-31-28(40-26)33-22-11-7-14-35(18-22)27(37)20-9-6-10-21(15-20)32-24(36)12-8-13-34(4)5;1-5-21(32)29-18-9-6-8-17(12-18)24(33)31-11-7-10-19(15-31)30-25-28-14-23(36-25)35-16-22-27-13-20(34-22)26(2,3)4;2*1-5-21(32)29-18-10-8-17(9-11-18)24(33)31-12-6-7-19(15-31)30-25-28-14-23(36-25)35-16-22-27-13-20(34-22)26(2,3)4/h6,8-10,12,15-17,22H,7,11,13-14,18-19H2,1-5H3,(H,31,33)(H,32,36);5-6,8-9,12-14,19H,1,7,10-11,15-16H2,2-4H3,(H,28,30)(H,29,32);5,8-11,13-14,19,22,27H,1,6-7,12,15-16H2,2-4H3,(H,28,30)(H,29,32);5,8-11,13-14,19H,1,6-7,12,15-16H2,2-4H3,(H,28,30)(H,29,32)/b12-8+;;;/t;;;19-/m...1/s1. The van der Waals surface area contributed by atoms with Crippen LogP contribution in [0.25, 0.3) is 0 Å². The summed E-state index contributed by atoms with van der Waals surface area (Å²) in [5.41, 5.74) is 4.57. The number of anilines is 8. The topological polar surface area (TPSA) is 400 Å². The average molecular weight is 2160 g/mol. The lowest BCUT2D eigenvalue weighted by molar-refractivity contribution is -0.112. The zero-order valence-electron chi connectivity index (χ0n) is 86.1. The number of ether oxygens (including phenoxy) is 1. The summed E-state index contributed by atoms with van der Waals surface area (Å²) in [6.07, 6.45) is 29.3. The third-order valence-corrected chi connectivity index (χ3v) is 32.1. The minimum absolute atomic E-state index is 0.00420. The van der Waals surface area contributed by atoms with E-state index in [1.54, 1.807) is 208 Å². The molecule has 16 rings (SSSR count). The first-order valence-electron chi connectivity index (χ1n) is 49.1. The molecule has 0 bridgehead atoms. The van der Waals surface area contributed by atoms with Crippen LogP contribution in [0, 0.1) is 5.41 Å². The van der Waals surface area contributed by atoms with E-state index in [0.717, 1.165) is 131 Å². The van der Waals surface area contributed by atoms with E-state index in [1.807, 2.05) is 75.8 Å². The van der Waals surface area contributed by atoms with Gasteiger partial charge in [0.05, 0.1) is 83.2 Å². The van der Waals surface area contributed by atoms with Crippen molar-refractivity contribution in [1.82, 2.24) is 64.7 Å². The molecular weight excluding hydrogens is 2030 g/mol. The number of allylic oxidation sites excluding steroid dienone is 1. The van der Waals surface area contributed by atoms with Crippen LogP contribution in [0.3, 0.4) is 0 Å². The molecule has 12 heterocycles. The van der Waals surface area contributed by atoms with Gasteiger partial charge in [-0.25, -0.2) is 34.9 Å². The molecule has 7 aromatic heterocycles. The molecule has 0 aliphatic carbocycles. The van der Waals surface area contributed by atoms with E-state index in [1.165, 1.54) is 24.3 Å². The fraction of sp³-hybridized carbons (Fsp3) is 0.411. The van der Waals surface area contributed by atoms with Crippen molar-refractivity contribution in [2.24, 2.45) is 5.41 Å². The molecule has 11 aromatic rings. The number of nitrogens with zero attached hydrogens (tertiary/aromatic N) is 12. The number of hydrogen-bond donors (Lipinski definition) is 9. The minimum Gasteiger partial charge on any atom is -0.472 e. The SMILES string of the molecule is C=CC(=O)Nc1ccc(C(=O)N2CCCC(Nc3ncc(SCC4NC=C(C(C)(C)C)O4)s3)C2)cc1.C=CC(=O)Nc1ccc(C(=O)N2CCC[C@@H](Nc3ncc(SCc4ncc(C(C)(C)C)o4)s3)C2)cc1.C=CC(=O)Nc1cccc(C(=O)N2CCCC(Nc3ncc(SCc4ncc(C(C)(C)C)o4)s3)C2)c1.CN(C)C/C=C/C(=O)Nc1cccc(C(=O)N2CCCC(Nc3ncc(SCc4ncc(C(C)(C)C)o4)s3)C2)c1. The second kappa shape index (κ2) is 53.2. The first-order chi connectivity index (χ1) is 70.7. The van der Waals surface area contributed by atoms with E-state index in [9.17, 15) is 38.4 Å². The Morgan fingerprint density at radius 1 is 0.405 bits per heavy atom. The summed E-state index contributed by atoms with van der Waals surface area (Å²) >= 11 is 13.1. The van der Waals surface area contributed by atoms with Gasteiger partial charge >= 0.3 is 0 Å². The number of nitrogens with one attached hydrogen (secondary N) is 9. The summed E-state index contributed by atoms with van der Waals surface area (Å²) in [5.74, 6) is 7.31. The van der Waals surface area contributed by atoms with Crippen LogP contribution in [0.15, 0.2) is 233 Å². The number of hydrogen-bond acceptors (Lipinski definition) is 33. The Bertz CT molecular complexity index is 6410. The molecule has 4 saturated heterocycles. The molecule has 8 amide bonds. The van der Waals surface area contributed by atoms with Crippen molar-refractivity contribution in [3.05, 3.63) is 260 Å². The number of oxazole rings is 3. The molecule has 4 unspecified atom stereocenters. The average Bonchev–Trinajstić information content (AvgIpc) is 1.45. The van der Waals surface area contributed by atoms with Gasteiger partial charge < -0.3 is 90.3 Å². The van der Waals surface area contributed by atoms with Crippen LogP contribution in [0.5, 0.6) is 0 Å². The molecule has 4 aromatic carbocycles. The van der Waals surface area contributed by atoms with Gasteiger partial charge in [-0.3, -0.25) is 38.4 Å². The number of thioether (sulfide) groups is 4. The fourth-order valence-corrected chi connectivity index (χ4v) is 23.0. The van der Waals surface area contributed by atoms with E-state index < -0.39 is 0 Å². The van der Waals surface area contributed by atoms with Crippen LogP contribution in [0.1, 0.15) is 211 Å². The number of piperidine rings is 4. The van der Waals surface area contributed by atoms with Gasteiger partial charge in [0.2, 0.25) is 41.3 Å². The predicted octanol–water partition coefficient (Wildman–Crippen LogP) is 21.5. The van der Waals surface area contributed by atoms with E-state index in [2.05, 4.69) is 186 Å².